The Morgan fingerprint density at radius 3 is 2.64 bits per heavy atom. The lowest BCUT2D eigenvalue weighted by atomic mass is 10.1. The van der Waals surface area contributed by atoms with Gasteiger partial charge in [-0.1, -0.05) is 12.1 Å². The van der Waals surface area contributed by atoms with Gasteiger partial charge in [0.15, 0.2) is 0 Å². The first-order valence-corrected chi connectivity index (χ1v) is 8.59. The SMILES string of the molecule is CN(CCCc1cc(-c2cccc(F)c2)n[nH]1)C(=O)c1c(O)cc(F)cc1F. The summed E-state index contributed by atoms with van der Waals surface area (Å²) in [7, 11) is 1.47. The molecule has 1 amide bonds. The van der Waals surface area contributed by atoms with Gasteiger partial charge < -0.3 is 10.0 Å². The Kier molecular flexibility index (Phi) is 5.67. The number of aryl methyl sites for hydroxylation is 1. The number of nitrogens with zero attached hydrogens (tertiary/aromatic N) is 2. The number of phenols is 1. The van der Waals surface area contributed by atoms with Crippen molar-refractivity contribution in [3.63, 3.8) is 0 Å². The van der Waals surface area contributed by atoms with Crippen LogP contribution >= 0.6 is 0 Å². The highest BCUT2D eigenvalue weighted by Gasteiger charge is 2.21. The summed E-state index contributed by atoms with van der Waals surface area (Å²) in [4.78, 5) is 13.6. The molecule has 2 N–H and O–H groups in total. The molecule has 0 aliphatic heterocycles. The fourth-order valence-corrected chi connectivity index (χ4v) is 2.86. The number of carbonyl (C=O) groups excluding carboxylic acids is 1. The van der Waals surface area contributed by atoms with Crippen LogP contribution in [0.3, 0.4) is 0 Å². The Balaban J connectivity index is 1.59. The molecule has 1 heterocycles. The number of H-pyrrole nitrogens is 1. The molecule has 0 unspecified atom stereocenters. The molecule has 0 bridgehead atoms. The summed E-state index contributed by atoms with van der Waals surface area (Å²) in [5.74, 6) is -3.88. The van der Waals surface area contributed by atoms with Crippen LogP contribution in [0, 0.1) is 17.5 Å². The zero-order valence-electron chi connectivity index (χ0n) is 15.0. The van der Waals surface area contributed by atoms with Crippen LogP contribution in [0.2, 0.25) is 0 Å². The van der Waals surface area contributed by atoms with Crippen LogP contribution in [0.5, 0.6) is 5.75 Å². The first-order chi connectivity index (χ1) is 13.3. The Morgan fingerprint density at radius 1 is 1.14 bits per heavy atom. The van der Waals surface area contributed by atoms with Crippen LogP contribution in [-0.4, -0.2) is 39.7 Å². The third kappa shape index (κ3) is 4.33. The van der Waals surface area contributed by atoms with Crippen LogP contribution in [0.1, 0.15) is 22.5 Å². The summed E-state index contributed by atoms with van der Waals surface area (Å²) in [6.07, 6.45) is 1.09. The van der Waals surface area contributed by atoms with Gasteiger partial charge in [0.25, 0.3) is 5.91 Å². The van der Waals surface area contributed by atoms with E-state index < -0.39 is 28.9 Å². The average molecular weight is 389 g/mol. The molecule has 3 aromatic rings. The summed E-state index contributed by atoms with van der Waals surface area (Å²) in [5, 5.41) is 16.7. The third-order valence-corrected chi connectivity index (χ3v) is 4.29. The van der Waals surface area contributed by atoms with E-state index in [1.54, 1.807) is 18.2 Å². The number of benzene rings is 2. The molecule has 146 valence electrons. The molecule has 0 fully saturated rings. The summed E-state index contributed by atoms with van der Waals surface area (Å²) in [6, 6.07) is 9.13. The van der Waals surface area contributed by atoms with Crippen molar-refractivity contribution in [2.45, 2.75) is 12.8 Å². The molecular formula is C20H18F3N3O2. The van der Waals surface area contributed by atoms with Gasteiger partial charge in [0.05, 0.1) is 5.69 Å². The van der Waals surface area contributed by atoms with Crippen LogP contribution in [0.15, 0.2) is 42.5 Å². The lowest BCUT2D eigenvalue weighted by Gasteiger charge is -2.18. The molecule has 0 spiro atoms. The molecule has 28 heavy (non-hydrogen) atoms. The van der Waals surface area contributed by atoms with Crippen molar-refractivity contribution >= 4 is 5.91 Å². The fourth-order valence-electron chi connectivity index (χ4n) is 2.86. The van der Waals surface area contributed by atoms with Gasteiger partial charge >= 0.3 is 0 Å². The van der Waals surface area contributed by atoms with Crippen LogP contribution in [-0.2, 0) is 6.42 Å². The van der Waals surface area contributed by atoms with E-state index in [0.717, 1.165) is 5.69 Å². The predicted octanol–water partition coefficient (Wildman–Crippen LogP) is 3.90. The minimum atomic E-state index is -1.11. The van der Waals surface area contributed by atoms with Crippen LogP contribution < -0.4 is 0 Å². The van der Waals surface area contributed by atoms with E-state index in [-0.39, 0.29) is 12.4 Å². The first-order valence-electron chi connectivity index (χ1n) is 8.59. The van der Waals surface area contributed by atoms with Gasteiger partial charge in [-0.05, 0) is 31.0 Å². The standard InChI is InChI=1S/C20H18F3N3O2/c1-26(20(28)19-16(23)9-14(22)10-18(19)27)7-3-6-15-11-17(25-24-15)12-4-2-5-13(21)8-12/h2,4-5,8-11,27H,3,6-7H2,1H3,(H,24,25). The zero-order chi connectivity index (χ0) is 20.3. The number of aromatic nitrogens is 2. The Morgan fingerprint density at radius 2 is 1.93 bits per heavy atom. The fraction of sp³-hybridized carbons (Fsp3) is 0.200. The smallest absolute Gasteiger partial charge is 0.260 e. The minimum absolute atomic E-state index is 0.281. The highest BCUT2D eigenvalue weighted by molar-refractivity contribution is 5.96. The largest absolute Gasteiger partial charge is 0.507 e. The molecule has 0 aliphatic rings. The van der Waals surface area contributed by atoms with Gasteiger partial charge in [0.2, 0.25) is 0 Å². The molecule has 5 nitrogen and oxygen atoms in total. The van der Waals surface area contributed by atoms with Crippen molar-refractivity contribution in [1.29, 1.82) is 0 Å². The number of carbonyl (C=O) groups is 1. The van der Waals surface area contributed by atoms with E-state index in [9.17, 15) is 23.1 Å². The quantitative estimate of drug-likeness (QED) is 0.672. The lowest BCUT2D eigenvalue weighted by Crippen LogP contribution is -2.29. The van der Waals surface area contributed by atoms with Crippen molar-refractivity contribution < 1.29 is 23.1 Å². The lowest BCUT2D eigenvalue weighted by molar-refractivity contribution is 0.0785. The average Bonchev–Trinajstić information content (AvgIpc) is 3.09. The van der Waals surface area contributed by atoms with Gasteiger partial charge in [-0.25, -0.2) is 13.2 Å². The van der Waals surface area contributed by atoms with Crippen LogP contribution in [0.4, 0.5) is 13.2 Å². The maximum Gasteiger partial charge on any atom is 0.260 e. The maximum absolute atomic E-state index is 13.8. The van der Waals surface area contributed by atoms with Gasteiger partial charge in [0, 0.05) is 37.0 Å². The topological polar surface area (TPSA) is 69.2 Å². The molecule has 8 heteroatoms. The number of phenolic OH excluding ortho intramolecular Hbond substituents is 1. The molecule has 0 saturated heterocycles. The molecule has 0 radical (unpaired) electrons. The number of halogens is 3. The van der Waals surface area contributed by atoms with Crippen molar-refractivity contribution in [1.82, 2.24) is 15.1 Å². The van der Waals surface area contributed by atoms with Crippen molar-refractivity contribution in [3.05, 3.63) is 71.2 Å². The molecule has 3 rings (SSSR count). The Labute approximate surface area is 159 Å². The van der Waals surface area contributed by atoms with Gasteiger partial charge in [0.1, 0.15) is 28.8 Å². The highest BCUT2D eigenvalue weighted by Crippen LogP contribution is 2.24. The van der Waals surface area contributed by atoms with E-state index in [4.69, 9.17) is 0 Å². The molecule has 0 aliphatic carbocycles. The van der Waals surface area contributed by atoms with E-state index in [1.807, 2.05) is 0 Å². The second-order valence-corrected chi connectivity index (χ2v) is 6.40. The summed E-state index contributed by atoms with van der Waals surface area (Å²) < 4.78 is 40.2. The molecule has 2 aromatic carbocycles. The number of aromatic hydroxyl groups is 1. The number of nitrogens with one attached hydrogen (secondary N) is 1. The molecule has 1 aromatic heterocycles. The number of amides is 1. The third-order valence-electron chi connectivity index (χ3n) is 4.29. The number of aromatic amines is 1. The molecule has 0 saturated carbocycles. The second-order valence-electron chi connectivity index (χ2n) is 6.40. The normalized spacial score (nSPS) is 10.9. The minimum Gasteiger partial charge on any atom is -0.507 e. The van der Waals surface area contributed by atoms with E-state index in [2.05, 4.69) is 10.2 Å². The predicted molar refractivity (Wildman–Crippen MR) is 97.3 cm³/mol. The maximum atomic E-state index is 13.8. The number of hydrogen-bond donors (Lipinski definition) is 2. The van der Waals surface area contributed by atoms with Gasteiger partial charge in [-0.15, -0.1) is 0 Å². The van der Waals surface area contributed by atoms with Crippen molar-refractivity contribution in [2.75, 3.05) is 13.6 Å². The molecule has 0 atom stereocenters. The van der Waals surface area contributed by atoms with E-state index in [1.165, 1.54) is 24.1 Å². The summed E-state index contributed by atoms with van der Waals surface area (Å²) in [5.41, 5.74) is 1.50. The Hall–Kier alpha value is -3.29. The number of hydrogen-bond acceptors (Lipinski definition) is 3. The first kappa shape index (κ1) is 19.5. The van der Waals surface area contributed by atoms with E-state index >= 15 is 0 Å². The van der Waals surface area contributed by atoms with E-state index in [0.29, 0.717) is 36.2 Å². The highest BCUT2D eigenvalue weighted by atomic mass is 19.1. The second kappa shape index (κ2) is 8.16. The zero-order valence-corrected chi connectivity index (χ0v) is 15.0. The summed E-state index contributed by atoms with van der Waals surface area (Å²) in [6.45, 7) is 0.281. The summed E-state index contributed by atoms with van der Waals surface area (Å²) >= 11 is 0. The van der Waals surface area contributed by atoms with Crippen molar-refractivity contribution in [2.24, 2.45) is 0 Å². The number of rotatable bonds is 6. The van der Waals surface area contributed by atoms with Crippen molar-refractivity contribution in [3.8, 4) is 17.0 Å². The molecular weight excluding hydrogens is 371 g/mol. The van der Waals surface area contributed by atoms with Gasteiger partial charge in [-0.2, -0.15) is 5.10 Å². The monoisotopic (exact) mass is 389 g/mol. The Bertz CT molecular complexity index is 981. The van der Waals surface area contributed by atoms with Crippen LogP contribution in [0.25, 0.3) is 11.3 Å². The van der Waals surface area contributed by atoms with Gasteiger partial charge in [-0.3, -0.25) is 9.89 Å².